The molecular formula is C14H18N4O3. The van der Waals surface area contributed by atoms with E-state index in [0.717, 1.165) is 12.8 Å². The number of carbonyl (C=O) groups excluding carboxylic acids is 2. The normalized spacial score (nSPS) is 18.1. The molecule has 0 radical (unpaired) electrons. The summed E-state index contributed by atoms with van der Waals surface area (Å²) >= 11 is 0. The third-order valence-corrected chi connectivity index (χ3v) is 3.87. The van der Waals surface area contributed by atoms with E-state index < -0.39 is 0 Å². The Hall–Kier alpha value is -2.18. The summed E-state index contributed by atoms with van der Waals surface area (Å²) < 4.78 is 0. The number of hydrogen-bond donors (Lipinski definition) is 1. The van der Waals surface area contributed by atoms with Crippen LogP contribution in [0.3, 0.4) is 0 Å². The third kappa shape index (κ3) is 2.81. The Kier molecular flexibility index (Phi) is 3.48. The number of aromatic amines is 1. The maximum Gasteiger partial charge on any atom is 0.274 e. The lowest BCUT2D eigenvalue weighted by Gasteiger charge is -2.17. The van der Waals surface area contributed by atoms with Gasteiger partial charge in [-0.05, 0) is 12.8 Å². The largest absolute Gasteiger partial charge is 0.323 e. The molecule has 2 amide bonds. The molecule has 0 spiro atoms. The van der Waals surface area contributed by atoms with Gasteiger partial charge in [-0.2, -0.15) is 0 Å². The highest BCUT2D eigenvalue weighted by molar-refractivity contribution is 5.92. The van der Waals surface area contributed by atoms with Gasteiger partial charge in [0.05, 0.1) is 6.67 Å². The minimum Gasteiger partial charge on any atom is -0.323 e. The molecule has 0 atom stereocenters. The van der Waals surface area contributed by atoms with Gasteiger partial charge < -0.3 is 14.8 Å². The molecule has 0 bridgehead atoms. The first kappa shape index (κ1) is 13.8. The summed E-state index contributed by atoms with van der Waals surface area (Å²) in [6.45, 7) is 3.10. The standard InChI is InChI=1S/C14H18N4O3/c1-2-12(20)17-5-6-18(8-17)14(21)10-7-11(19)16-13(15-10)9-3-4-9/h7,9H,2-6,8H2,1H3,(H,15,16,19). The summed E-state index contributed by atoms with van der Waals surface area (Å²) in [6.07, 6.45) is 2.43. The van der Waals surface area contributed by atoms with Gasteiger partial charge in [0.2, 0.25) is 5.91 Å². The van der Waals surface area contributed by atoms with Crippen LogP contribution in [0, 0.1) is 0 Å². The van der Waals surface area contributed by atoms with Crippen LogP contribution in [0.4, 0.5) is 0 Å². The number of aromatic nitrogens is 2. The van der Waals surface area contributed by atoms with Crippen molar-refractivity contribution in [2.45, 2.75) is 32.1 Å². The van der Waals surface area contributed by atoms with Crippen LogP contribution in [0.1, 0.15) is 48.4 Å². The van der Waals surface area contributed by atoms with Gasteiger partial charge in [0, 0.05) is 31.5 Å². The minimum absolute atomic E-state index is 0.0304. The van der Waals surface area contributed by atoms with Crippen molar-refractivity contribution in [3.8, 4) is 0 Å². The number of hydrogen-bond acceptors (Lipinski definition) is 4. The van der Waals surface area contributed by atoms with Crippen LogP contribution in [0.25, 0.3) is 0 Å². The average Bonchev–Trinajstić information content (AvgIpc) is 3.22. The maximum atomic E-state index is 12.4. The zero-order valence-corrected chi connectivity index (χ0v) is 12.0. The monoisotopic (exact) mass is 290 g/mol. The van der Waals surface area contributed by atoms with Gasteiger partial charge in [-0.3, -0.25) is 14.4 Å². The fourth-order valence-electron chi connectivity index (χ4n) is 2.48. The topological polar surface area (TPSA) is 86.4 Å². The van der Waals surface area contributed by atoms with E-state index >= 15 is 0 Å². The van der Waals surface area contributed by atoms with E-state index in [4.69, 9.17) is 0 Å². The van der Waals surface area contributed by atoms with E-state index in [2.05, 4.69) is 9.97 Å². The zero-order valence-electron chi connectivity index (χ0n) is 12.0. The molecular weight excluding hydrogens is 272 g/mol. The third-order valence-electron chi connectivity index (χ3n) is 3.87. The first-order valence-electron chi connectivity index (χ1n) is 7.26. The molecule has 1 aromatic heterocycles. The fraction of sp³-hybridized carbons (Fsp3) is 0.571. The van der Waals surface area contributed by atoms with Crippen molar-refractivity contribution in [2.75, 3.05) is 19.8 Å². The lowest BCUT2D eigenvalue weighted by atomic mass is 10.3. The van der Waals surface area contributed by atoms with Crippen LogP contribution in [-0.4, -0.2) is 51.3 Å². The second kappa shape index (κ2) is 5.31. The Morgan fingerprint density at radius 1 is 1.33 bits per heavy atom. The zero-order chi connectivity index (χ0) is 15.0. The SMILES string of the molecule is CCC(=O)N1CCN(C(=O)c2cc(=O)[nH]c(C3CC3)n2)C1. The summed E-state index contributed by atoms with van der Waals surface area (Å²) in [7, 11) is 0. The molecule has 7 heteroatoms. The van der Waals surface area contributed by atoms with Gasteiger partial charge in [-0.15, -0.1) is 0 Å². The molecule has 1 aliphatic heterocycles. The lowest BCUT2D eigenvalue weighted by molar-refractivity contribution is -0.130. The van der Waals surface area contributed by atoms with Crippen LogP contribution in [0.2, 0.25) is 0 Å². The lowest BCUT2D eigenvalue weighted by Crippen LogP contribution is -2.34. The van der Waals surface area contributed by atoms with Crippen LogP contribution in [0.5, 0.6) is 0 Å². The number of amides is 2. The van der Waals surface area contributed by atoms with Gasteiger partial charge in [0.25, 0.3) is 11.5 Å². The Bertz CT molecular complexity index is 635. The molecule has 2 fully saturated rings. The van der Waals surface area contributed by atoms with Crippen molar-refractivity contribution in [3.05, 3.63) is 27.9 Å². The Morgan fingerprint density at radius 2 is 2.05 bits per heavy atom. The molecule has 1 aliphatic carbocycles. The summed E-state index contributed by atoms with van der Waals surface area (Å²) in [4.78, 5) is 45.9. The smallest absolute Gasteiger partial charge is 0.274 e. The highest BCUT2D eigenvalue weighted by Gasteiger charge is 2.30. The second-order valence-corrected chi connectivity index (χ2v) is 5.51. The molecule has 7 nitrogen and oxygen atoms in total. The number of carbonyl (C=O) groups is 2. The second-order valence-electron chi connectivity index (χ2n) is 5.51. The van der Waals surface area contributed by atoms with Crippen LogP contribution >= 0.6 is 0 Å². The molecule has 1 N–H and O–H groups in total. The van der Waals surface area contributed by atoms with Crippen LogP contribution < -0.4 is 5.56 Å². The van der Waals surface area contributed by atoms with Crippen molar-refractivity contribution in [3.63, 3.8) is 0 Å². The summed E-state index contributed by atoms with van der Waals surface area (Å²) in [5.41, 5.74) is -0.123. The van der Waals surface area contributed by atoms with E-state index in [9.17, 15) is 14.4 Å². The predicted octanol–water partition coefficient (Wildman–Crippen LogP) is 0.299. The highest BCUT2D eigenvalue weighted by atomic mass is 16.2. The maximum absolute atomic E-state index is 12.4. The summed E-state index contributed by atoms with van der Waals surface area (Å²) in [5, 5.41) is 0. The van der Waals surface area contributed by atoms with Crippen molar-refractivity contribution in [1.29, 1.82) is 0 Å². The van der Waals surface area contributed by atoms with E-state index in [1.807, 2.05) is 0 Å². The van der Waals surface area contributed by atoms with Crippen molar-refractivity contribution < 1.29 is 9.59 Å². The van der Waals surface area contributed by atoms with E-state index in [1.165, 1.54) is 6.07 Å². The Morgan fingerprint density at radius 3 is 2.71 bits per heavy atom. The van der Waals surface area contributed by atoms with Crippen LogP contribution in [0.15, 0.2) is 10.9 Å². The summed E-state index contributed by atoms with van der Waals surface area (Å²) in [6, 6.07) is 1.23. The van der Waals surface area contributed by atoms with Gasteiger partial charge in [-0.1, -0.05) is 6.92 Å². The highest BCUT2D eigenvalue weighted by Crippen LogP contribution is 2.37. The molecule has 0 aromatic carbocycles. The molecule has 21 heavy (non-hydrogen) atoms. The molecule has 2 heterocycles. The van der Waals surface area contributed by atoms with Gasteiger partial charge in [-0.25, -0.2) is 4.98 Å². The molecule has 0 unspecified atom stereocenters. The Balaban J connectivity index is 1.76. The molecule has 2 aliphatic rings. The van der Waals surface area contributed by atoms with Gasteiger partial charge >= 0.3 is 0 Å². The quantitative estimate of drug-likeness (QED) is 0.867. The van der Waals surface area contributed by atoms with E-state index in [1.54, 1.807) is 16.7 Å². The van der Waals surface area contributed by atoms with Crippen molar-refractivity contribution >= 4 is 11.8 Å². The summed E-state index contributed by atoms with van der Waals surface area (Å²) in [5.74, 6) is 0.631. The van der Waals surface area contributed by atoms with E-state index in [-0.39, 0.29) is 35.7 Å². The molecule has 112 valence electrons. The average molecular weight is 290 g/mol. The van der Waals surface area contributed by atoms with Gasteiger partial charge in [0.15, 0.2) is 0 Å². The molecule has 1 aromatic rings. The molecule has 3 rings (SSSR count). The van der Waals surface area contributed by atoms with E-state index in [0.29, 0.717) is 25.3 Å². The predicted molar refractivity (Wildman–Crippen MR) is 74.7 cm³/mol. The number of rotatable bonds is 3. The first-order chi connectivity index (χ1) is 10.1. The molecule has 1 saturated heterocycles. The Labute approximate surface area is 122 Å². The fourth-order valence-corrected chi connectivity index (χ4v) is 2.48. The van der Waals surface area contributed by atoms with Crippen molar-refractivity contribution in [1.82, 2.24) is 19.8 Å². The van der Waals surface area contributed by atoms with Crippen molar-refractivity contribution in [2.24, 2.45) is 0 Å². The first-order valence-corrected chi connectivity index (χ1v) is 7.26. The molecule has 1 saturated carbocycles. The van der Waals surface area contributed by atoms with Crippen LogP contribution in [-0.2, 0) is 4.79 Å². The van der Waals surface area contributed by atoms with Gasteiger partial charge in [0.1, 0.15) is 11.5 Å². The number of nitrogens with zero attached hydrogens (tertiary/aromatic N) is 3. The number of nitrogens with one attached hydrogen (secondary N) is 1. The number of H-pyrrole nitrogens is 1. The minimum atomic E-state index is -0.295.